The summed E-state index contributed by atoms with van der Waals surface area (Å²) in [5, 5.41) is 0. The molecule has 0 aliphatic heterocycles. The fraction of sp³-hybridized carbons (Fsp3) is 0.250. The number of benzene rings is 1. The molecule has 0 aliphatic rings. The van der Waals surface area contributed by atoms with Crippen LogP contribution in [0.25, 0.3) is 0 Å². The first kappa shape index (κ1) is 10.4. The topological polar surface area (TPSA) is 20.2 Å². The molecule has 0 radical (unpaired) electrons. The van der Waals surface area contributed by atoms with E-state index in [9.17, 15) is 4.89 Å². The van der Waals surface area contributed by atoms with Gasteiger partial charge in [0, 0.05) is 0 Å². The Bertz CT molecular complexity index is 228. The van der Waals surface area contributed by atoms with E-state index in [1.807, 2.05) is 30.3 Å². The van der Waals surface area contributed by atoms with Crippen LogP contribution in [0.4, 0.5) is 0 Å². The maximum absolute atomic E-state index is 9.41. The highest BCUT2D eigenvalue weighted by molar-refractivity contribution is 8.80. The average Bonchev–Trinajstić information content (AvgIpc) is 2.07. The van der Waals surface area contributed by atoms with Crippen LogP contribution in [0.2, 0.25) is 0 Å². The van der Waals surface area contributed by atoms with Crippen molar-refractivity contribution in [1.82, 2.24) is 0 Å². The average molecular weight is 219 g/mol. The van der Waals surface area contributed by atoms with Crippen molar-refractivity contribution < 1.29 is 4.89 Å². The Balaban J connectivity index is 2.80. The van der Waals surface area contributed by atoms with Crippen LogP contribution in [-0.4, -0.2) is 10.6 Å². The molecule has 1 aromatic rings. The van der Waals surface area contributed by atoms with Crippen LogP contribution in [0.5, 0.6) is 0 Å². The molecule has 12 heavy (non-hydrogen) atoms. The minimum Gasteiger partial charge on any atom is -0.323 e. The van der Waals surface area contributed by atoms with Crippen molar-refractivity contribution in [3.8, 4) is 0 Å². The molecule has 0 aromatic heterocycles. The summed E-state index contributed by atoms with van der Waals surface area (Å²) >= 11 is 4.12. The molecule has 1 rings (SSSR count). The first-order valence-corrected chi connectivity index (χ1v) is 8.14. The smallest absolute Gasteiger partial charge is 0.323 e. The molecule has 1 aromatic carbocycles. The highest BCUT2D eigenvalue weighted by Gasteiger charge is 2.27. The van der Waals surface area contributed by atoms with Gasteiger partial charge in [0.15, 0.2) is 4.90 Å². The molecule has 0 spiro atoms. The first-order chi connectivity index (χ1) is 5.75. The van der Waals surface area contributed by atoms with Gasteiger partial charge in [0.2, 0.25) is 0 Å². The molecule has 66 valence electrons. The third-order valence-electron chi connectivity index (χ3n) is 1.49. The third kappa shape index (κ3) is 2.67. The van der Waals surface area contributed by atoms with Gasteiger partial charge < -0.3 is 4.89 Å². The van der Waals surface area contributed by atoms with Gasteiger partial charge in [-0.2, -0.15) is 0 Å². The van der Waals surface area contributed by atoms with Crippen molar-refractivity contribution in [2.45, 2.75) is 11.8 Å². The Kier molecular flexibility index (Phi) is 4.44. The Hall–Kier alpha value is 0.310. The lowest BCUT2D eigenvalue weighted by Crippen LogP contribution is -1.99. The highest BCUT2D eigenvalue weighted by Crippen LogP contribution is 2.48. The van der Waals surface area contributed by atoms with Crippen molar-refractivity contribution in [2.75, 3.05) is 5.75 Å². The maximum atomic E-state index is 9.41. The van der Waals surface area contributed by atoms with Gasteiger partial charge in [-0.25, -0.2) is 0 Å². The third-order valence-corrected chi connectivity index (χ3v) is 7.61. The zero-order chi connectivity index (χ0) is 8.97. The lowest BCUT2D eigenvalue weighted by atomic mass is 10.4. The second kappa shape index (κ2) is 5.13. The van der Waals surface area contributed by atoms with Gasteiger partial charge in [0.05, 0.1) is 10.5 Å². The summed E-state index contributed by atoms with van der Waals surface area (Å²) in [6, 6.07) is 10.1. The standard InChI is InChI=1S/C8H12OPS2/c1-2-12(10(9)11)8-6-4-3-5-7-8/h3-7,9,11H,2H2,1H3/q+1. The summed E-state index contributed by atoms with van der Waals surface area (Å²) in [5.74, 6) is 0.968. The highest BCUT2D eigenvalue weighted by atomic mass is 33.1. The lowest BCUT2D eigenvalue weighted by Gasteiger charge is -2.04. The van der Waals surface area contributed by atoms with Crippen molar-refractivity contribution in [1.29, 1.82) is 0 Å². The van der Waals surface area contributed by atoms with Gasteiger partial charge in [-0.15, -0.1) is 0 Å². The maximum Gasteiger partial charge on any atom is 0.331 e. The predicted molar refractivity (Wildman–Crippen MR) is 60.7 cm³/mol. The number of hydrogen-bond donors (Lipinski definition) is 2. The molecule has 4 heteroatoms. The molecule has 2 atom stereocenters. The minimum atomic E-state index is -1.12. The predicted octanol–water partition coefficient (Wildman–Crippen LogP) is 2.83. The van der Waals surface area contributed by atoms with Crippen LogP contribution in [-0.2, 0) is 10.5 Å². The summed E-state index contributed by atoms with van der Waals surface area (Å²) in [5.41, 5.74) is 0. The van der Waals surface area contributed by atoms with Crippen LogP contribution < -0.4 is 0 Å². The van der Waals surface area contributed by atoms with Gasteiger partial charge in [0.25, 0.3) is 0 Å². The van der Waals surface area contributed by atoms with Crippen LogP contribution in [0.3, 0.4) is 0 Å². The van der Waals surface area contributed by atoms with E-state index in [1.165, 1.54) is 4.90 Å². The van der Waals surface area contributed by atoms with E-state index in [2.05, 4.69) is 19.2 Å². The summed E-state index contributed by atoms with van der Waals surface area (Å²) in [7, 11) is -0.0620. The molecule has 0 fully saturated rings. The van der Waals surface area contributed by atoms with E-state index < -0.39 is 6.55 Å². The van der Waals surface area contributed by atoms with E-state index in [0.29, 0.717) is 0 Å². The summed E-state index contributed by atoms with van der Waals surface area (Å²) < 4.78 is 0. The molecular weight excluding hydrogens is 207 g/mol. The molecule has 1 nitrogen and oxygen atoms in total. The first-order valence-electron chi connectivity index (χ1n) is 3.69. The Morgan fingerprint density at radius 1 is 1.42 bits per heavy atom. The molecule has 1 N–H and O–H groups in total. The monoisotopic (exact) mass is 219 g/mol. The zero-order valence-electron chi connectivity index (χ0n) is 6.84. The number of hydrogen-bond acceptors (Lipinski definition) is 2. The van der Waals surface area contributed by atoms with Crippen molar-refractivity contribution in [3.63, 3.8) is 0 Å². The van der Waals surface area contributed by atoms with Gasteiger partial charge in [-0.05, 0) is 19.1 Å². The number of thiol groups is 1. The quantitative estimate of drug-likeness (QED) is 0.455. The summed E-state index contributed by atoms with van der Waals surface area (Å²) in [4.78, 5) is 10.6. The van der Waals surface area contributed by atoms with Gasteiger partial charge in [-0.3, -0.25) is 0 Å². The van der Waals surface area contributed by atoms with E-state index in [-0.39, 0.29) is 10.5 Å². The molecule has 0 saturated heterocycles. The fourth-order valence-electron chi connectivity index (χ4n) is 0.954. The van der Waals surface area contributed by atoms with Crippen LogP contribution in [0.15, 0.2) is 35.2 Å². The zero-order valence-corrected chi connectivity index (χ0v) is 9.45. The van der Waals surface area contributed by atoms with E-state index in [1.54, 1.807) is 0 Å². The fourth-order valence-corrected chi connectivity index (χ4v) is 5.69. The SMILES string of the molecule is CC[S+](c1ccccc1)P(O)S. The van der Waals surface area contributed by atoms with Crippen LogP contribution >= 0.6 is 18.8 Å². The van der Waals surface area contributed by atoms with Crippen molar-refractivity contribution >= 4 is 29.3 Å². The minimum absolute atomic E-state index is 0.0620. The van der Waals surface area contributed by atoms with E-state index in [4.69, 9.17) is 0 Å². The normalized spacial score (nSPS) is 15.6. The second-order valence-corrected chi connectivity index (χ2v) is 8.81. The van der Waals surface area contributed by atoms with Gasteiger partial charge in [-0.1, -0.05) is 30.4 Å². The summed E-state index contributed by atoms with van der Waals surface area (Å²) in [6.45, 7) is 0.963. The Morgan fingerprint density at radius 3 is 2.42 bits per heavy atom. The molecule has 0 amide bonds. The van der Waals surface area contributed by atoms with E-state index in [0.717, 1.165) is 5.75 Å². The molecule has 2 unspecified atom stereocenters. The largest absolute Gasteiger partial charge is 0.331 e. The van der Waals surface area contributed by atoms with Crippen molar-refractivity contribution in [2.24, 2.45) is 0 Å². The van der Waals surface area contributed by atoms with Gasteiger partial charge >= 0.3 is 6.55 Å². The van der Waals surface area contributed by atoms with Crippen LogP contribution in [0.1, 0.15) is 6.92 Å². The lowest BCUT2D eigenvalue weighted by molar-refractivity contribution is 0.655. The number of rotatable bonds is 3. The van der Waals surface area contributed by atoms with Crippen molar-refractivity contribution in [3.05, 3.63) is 30.3 Å². The molecule has 0 bridgehead atoms. The molecule has 0 heterocycles. The van der Waals surface area contributed by atoms with Crippen LogP contribution in [0, 0.1) is 0 Å². The molecular formula is C8H12OPS2+. The Morgan fingerprint density at radius 2 is 2.00 bits per heavy atom. The molecule has 0 aliphatic carbocycles. The van der Waals surface area contributed by atoms with Gasteiger partial charge in [0.1, 0.15) is 5.75 Å². The second-order valence-electron chi connectivity index (χ2n) is 2.22. The molecule has 0 saturated carbocycles. The summed E-state index contributed by atoms with van der Waals surface area (Å²) in [6.07, 6.45) is 0. The Labute approximate surface area is 82.3 Å². The van der Waals surface area contributed by atoms with E-state index >= 15 is 0 Å².